The van der Waals surface area contributed by atoms with Gasteiger partial charge in [-0.1, -0.05) is 11.6 Å². The highest BCUT2D eigenvalue weighted by Crippen LogP contribution is 2.23. The quantitative estimate of drug-likeness (QED) is 0.763. The van der Waals surface area contributed by atoms with Crippen LogP contribution >= 0.6 is 11.6 Å². The van der Waals surface area contributed by atoms with Gasteiger partial charge in [0.05, 0.1) is 23.4 Å². The van der Waals surface area contributed by atoms with Crippen molar-refractivity contribution in [2.24, 2.45) is 0 Å². The molecule has 0 unspecified atom stereocenters. The van der Waals surface area contributed by atoms with Gasteiger partial charge in [-0.25, -0.2) is 4.79 Å². The summed E-state index contributed by atoms with van der Waals surface area (Å²) < 4.78 is 10.6. The van der Waals surface area contributed by atoms with E-state index in [9.17, 15) is 4.79 Å². The number of anilines is 1. The molecule has 0 fully saturated rings. The third-order valence-corrected chi connectivity index (χ3v) is 3.29. The summed E-state index contributed by atoms with van der Waals surface area (Å²) >= 11 is 6.02. The molecule has 0 saturated carbocycles. The zero-order valence-electron chi connectivity index (χ0n) is 12.0. The SMILES string of the molecule is COc1ccc(OCCNc2cc(C(=O)O)ccc2Cl)cc1. The number of hydrogen-bond donors (Lipinski definition) is 2. The molecule has 0 atom stereocenters. The van der Waals surface area contributed by atoms with E-state index in [2.05, 4.69) is 5.32 Å². The van der Waals surface area contributed by atoms with Crippen LogP contribution in [0.4, 0.5) is 5.69 Å². The highest BCUT2D eigenvalue weighted by Gasteiger charge is 2.06. The van der Waals surface area contributed by atoms with Gasteiger partial charge in [0.25, 0.3) is 0 Å². The summed E-state index contributed by atoms with van der Waals surface area (Å²) in [5, 5.41) is 12.5. The molecular weight excluding hydrogens is 306 g/mol. The number of halogens is 1. The predicted molar refractivity (Wildman–Crippen MR) is 85.4 cm³/mol. The van der Waals surface area contributed by atoms with E-state index in [0.29, 0.717) is 23.9 Å². The van der Waals surface area contributed by atoms with E-state index in [4.69, 9.17) is 26.2 Å². The molecule has 0 radical (unpaired) electrons. The lowest BCUT2D eigenvalue weighted by Gasteiger charge is -2.11. The van der Waals surface area contributed by atoms with Crippen molar-refractivity contribution in [1.29, 1.82) is 0 Å². The number of hydrogen-bond acceptors (Lipinski definition) is 4. The minimum absolute atomic E-state index is 0.183. The van der Waals surface area contributed by atoms with Gasteiger partial charge >= 0.3 is 5.97 Å². The number of rotatable bonds is 7. The Morgan fingerprint density at radius 1 is 1.18 bits per heavy atom. The summed E-state index contributed by atoms with van der Waals surface area (Å²) in [7, 11) is 1.61. The molecule has 0 aliphatic carbocycles. The summed E-state index contributed by atoms with van der Waals surface area (Å²) in [6.07, 6.45) is 0. The topological polar surface area (TPSA) is 67.8 Å². The summed E-state index contributed by atoms with van der Waals surface area (Å²) in [4.78, 5) is 10.9. The van der Waals surface area contributed by atoms with E-state index in [1.54, 1.807) is 13.2 Å². The predicted octanol–water partition coefficient (Wildman–Crippen LogP) is 3.54. The highest BCUT2D eigenvalue weighted by molar-refractivity contribution is 6.33. The lowest BCUT2D eigenvalue weighted by Crippen LogP contribution is -2.12. The van der Waals surface area contributed by atoms with Crippen LogP contribution in [-0.2, 0) is 0 Å². The average Bonchev–Trinajstić information content (AvgIpc) is 2.53. The number of benzene rings is 2. The van der Waals surface area contributed by atoms with Crippen molar-refractivity contribution in [2.75, 3.05) is 25.6 Å². The summed E-state index contributed by atoms with van der Waals surface area (Å²) in [6.45, 7) is 0.911. The first-order valence-electron chi connectivity index (χ1n) is 6.63. The van der Waals surface area contributed by atoms with Crippen LogP contribution in [0, 0.1) is 0 Å². The monoisotopic (exact) mass is 321 g/mol. The first kappa shape index (κ1) is 16.0. The Morgan fingerprint density at radius 2 is 1.86 bits per heavy atom. The lowest BCUT2D eigenvalue weighted by molar-refractivity contribution is 0.0697. The molecule has 22 heavy (non-hydrogen) atoms. The van der Waals surface area contributed by atoms with Crippen molar-refractivity contribution in [3.8, 4) is 11.5 Å². The second-order valence-corrected chi connectivity index (χ2v) is 4.86. The third kappa shape index (κ3) is 4.30. The molecule has 0 amide bonds. The van der Waals surface area contributed by atoms with Gasteiger partial charge in [0, 0.05) is 6.54 Å². The summed E-state index contributed by atoms with van der Waals surface area (Å²) in [5.74, 6) is 0.505. The second kappa shape index (κ2) is 7.56. The van der Waals surface area contributed by atoms with Crippen LogP contribution in [0.15, 0.2) is 42.5 Å². The van der Waals surface area contributed by atoms with E-state index >= 15 is 0 Å². The molecule has 2 aromatic carbocycles. The normalized spacial score (nSPS) is 10.1. The molecule has 5 nitrogen and oxygen atoms in total. The first-order valence-corrected chi connectivity index (χ1v) is 7.01. The third-order valence-electron chi connectivity index (χ3n) is 2.96. The highest BCUT2D eigenvalue weighted by atomic mass is 35.5. The van der Waals surface area contributed by atoms with E-state index < -0.39 is 5.97 Å². The molecular formula is C16H16ClNO4. The maximum atomic E-state index is 10.9. The largest absolute Gasteiger partial charge is 0.497 e. The zero-order chi connectivity index (χ0) is 15.9. The molecule has 0 aliphatic heterocycles. The van der Waals surface area contributed by atoms with Gasteiger partial charge in [-0.3, -0.25) is 0 Å². The molecule has 2 rings (SSSR count). The fourth-order valence-electron chi connectivity index (χ4n) is 1.82. The van der Waals surface area contributed by atoms with Crippen LogP contribution in [0.3, 0.4) is 0 Å². The van der Waals surface area contributed by atoms with Crippen molar-refractivity contribution < 1.29 is 19.4 Å². The number of carboxylic acid groups (broad SMARTS) is 1. The van der Waals surface area contributed by atoms with Crippen molar-refractivity contribution >= 4 is 23.3 Å². The maximum absolute atomic E-state index is 10.9. The van der Waals surface area contributed by atoms with Crippen molar-refractivity contribution in [3.63, 3.8) is 0 Å². The Balaban J connectivity index is 1.85. The van der Waals surface area contributed by atoms with Gasteiger partial charge in [-0.15, -0.1) is 0 Å². The molecule has 116 valence electrons. The Morgan fingerprint density at radius 3 is 2.50 bits per heavy atom. The minimum Gasteiger partial charge on any atom is -0.497 e. The van der Waals surface area contributed by atoms with E-state index in [1.165, 1.54) is 12.1 Å². The molecule has 0 heterocycles. The first-order chi connectivity index (χ1) is 10.6. The fraction of sp³-hybridized carbons (Fsp3) is 0.188. The van der Waals surface area contributed by atoms with Crippen LogP contribution in [-0.4, -0.2) is 31.3 Å². The number of nitrogens with one attached hydrogen (secondary N) is 1. The Hall–Kier alpha value is -2.40. The fourth-order valence-corrected chi connectivity index (χ4v) is 2.00. The standard InChI is InChI=1S/C16H16ClNO4/c1-21-12-3-5-13(6-4-12)22-9-8-18-15-10-11(16(19)20)2-7-14(15)17/h2-7,10,18H,8-9H2,1H3,(H,19,20). The Kier molecular flexibility index (Phi) is 5.49. The van der Waals surface area contributed by atoms with Gasteiger partial charge in [0.1, 0.15) is 18.1 Å². The number of carboxylic acids is 1. The van der Waals surface area contributed by atoms with Gasteiger partial charge in [0.15, 0.2) is 0 Å². The summed E-state index contributed by atoms with van der Waals surface area (Å²) in [5.41, 5.74) is 0.753. The molecule has 6 heteroatoms. The molecule has 2 N–H and O–H groups in total. The average molecular weight is 322 g/mol. The van der Waals surface area contributed by atoms with Gasteiger partial charge in [-0.2, -0.15) is 0 Å². The van der Waals surface area contributed by atoms with Crippen LogP contribution in [0.25, 0.3) is 0 Å². The molecule has 0 bridgehead atoms. The van der Waals surface area contributed by atoms with Gasteiger partial charge in [-0.05, 0) is 42.5 Å². The van der Waals surface area contributed by atoms with Crippen molar-refractivity contribution in [1.82, 2.24) is 0 Å². The summed E-state index contributed by atoms with van der Waals surface area (Å²) in [6, 6.07) is 11.8. The minimum atomic E-state index is -0.991. The van der Waals surface area contributed by atoms with E-state index in [0.717, 1.165) is 11.5 Å². The van der Waals surface area contributed by atoms with Gasteiger partial charge in [0.2, 0.25) is 0 Å². The smallest absolute Gasteiger partial charge is 0.335 e. The maximum Gasteiger partial charge on any atom is 0.335 e. The second-order valence-electron chi connectivity index (χ2n) is 4.45. The van der Waals surface area contributed by atoms with E-state index in [1.807, 2.05) is 24.3 Å². The van der Waals surface area contributed by atoms with E-state index in [-0.39, 0.29) is 5.56 Å². The van der Waals surface area contributed by atoms with Crippen molar-refractivity contribution in [2.45, 2.75) is 0 Å². The van der Waals surface area contributed by atoms with Crippen LogP contribution < -0.4 is 14.8 Å². The Bertz CT molecular complexity index is 643. The Labute approximate surface area is 133 Å². The zero-order valence-corrected chi connectivity index (χ0v) is 12.8. The number of aromatic carboxylic acids is 1. The van der Waals surface area contributed by atoms with Crippen LogP contribution in [0.2, 0.25) is 5.02 Å². The molecule has 0 spiro atoms. The molecule has 2 aromatic rings. The van der Waals surface area contributed by atoms with Crippen LogP contribution in [0.5, 0.6) is 11.5 Å². The number of carbonyl (C=O) groups is 1. The molecule has 0 aliphatic rings. The molecule has 0 aromatic heterocycles. The molecule has 0 saturated heterocycles. The van der Waals surface area contributed by atoms with Crippen molar-refractivity contribution in [3.05, 3.63) is 53.1 Å². The lowest BCUT2D eigenvalue weighted by atomic mass is 10.2. The number of ether oxygens (including phenoxy) is 2. The number of methoxy groups -OCH3 is 1. The van der Waals surface area contributed by atoms with Gasteiger partial charge < -0.3 is 19.9 Å². The van der Waals surface area contributed by atoms with Crippen LogP contribution in [0.1, 0.15) is 10.4 Å².